The molecule has 3 heteroatoms. The van der Waals surface area contributed by atoms with E-state index in [2.05, 4.69) is 143 Å². The van der Waals surface area contributed by atoms with Gasteiger partial charge in [-0.1, -0.05) is 151 Å². The third kappa shape index (κ3) is 5.75. The second-order valence-corrected chi connectivity index (χ2v) is 16.9. The molecule has 0 fully saturated rings. The molecular formula is C54H57N3. The summed E-state index contributed by atoms with van der Waals surface area (Å²) in [6.07, 6.45) is 18.3. The van der Waals surface area contributed by atoms with Crippen LogP contribution in [0.4, 0.5) is 0 Å². The van der Waals surface area contributed by atoms with Crippen molar-refractivity contribution in [2.45, 2.75) is 117 Å². The van der Waals surface area contributed by atoms with Crippen molar-refractivity contribution in [2.75, 3.05) is 0 Å². The van der Waals surface area contributed by atoms with Gasteiger partial charge in [-0.3, -0.25) is 0 Å². The van der Waals surface area contributed by atoms with E-state index in [0.29, 0.717) is 0 Å². The first-order valence-electron chi connectivity index (χ1n) is 22.4. The zero-order valence-corrected chi connectivity index (χ0v) is 34.3. The van der Waals surface area contributed by atoms with Crippen LogP contribution in [0.25, 0.3) is 81.6 Å². The highest BCUT2D eigenvalue weighted by Crippen LogP contribution is 2.48. The average Bonchev–Trinajstić information content (AvgIpc) is 4.00. The zero-order chi connectivity index (χ0) is 38.5. The van der Waals surface area contributed by atoms with Gasteiger partial charge < -0.3 is 13.2 Å². The van der Waals surface area contributed by atoms with Gasteiger partial charge >= 0.3 is 0 Å². The van der Waals surface area contributed by atoms with E-state index in [-0.39, 0.29) is 0 Å². The number of unbranched alkanes of at least 4 members (excludes halogenated alkanes) is 9. The van der Waals surface area contributed by atoms with Gasteiger partial charge in [0.15, 0.2) is 0 Å². The lowest BCUT2D eigenvalue weighted by Crippen LogP contribution is -2.06. The Balaban J connectivity index is 1.50. The average molecular weight is 748 g/mol. The van der Waals surface area contributed by atoms with E-state index in [0.717, 1.165) is 19.3 Å². The third-order valence-corrected chi connectivity index (χ3v) is 13.3. The molecule has 4 aromatic carbocycles. The van der Waals surface area contributed by atoms with E-state index >= 15 is 0 Å². The predicted octanol–water partition coefficient (Wildman–Crippen LogP) is 15.7. The van der Waals surface area contributed by atoms with Gasteiger partial charge in [-0.15, -0.1) is 0 Å². The SMILES string of the molecule is CCCCCCc1ccc2c3ccccc3c3c(c4c5ccccc5c5ccc(CCCCCC)n5c4c4c5ccccc5c5ccc(CCCCCC)n5c34)n12. The number of pyridine rings is 3. The number of aromatic nitrogens is 3. The van der Waals surface area contributed by atoms with E-state index in [4.69, 9.17) is 0 Å². The van der Waals surface area contributed by atoms with E-state index in [1.165, 1.54) is 176 Å². The quantitative estimate of drug-likeness (QED) is 0.0732. The fourth-order valence-electron chi connectivity index (χ4n) is 10.6. The van der Waals surface area contributed by atoms with E-state index in [9.17, 15) is 0 Å². The summed E-state index contributed by atoms with van der Waals surface area (Å²) in [5.41, 5.74) is 12.4. The van der Waals surface area contributed by atoms with Crippen molar-refractivity contribution in [3.63, 3.8) is 0 Å². The molecule has 0 spiro atoms. The predicted molar refractivity (Wildman–Crippen MR) is 248 cm³/mol. The molecule has 0 radical (unpaired) electrons. The Bertz CT molecular complexity index is 2730. The maximum Gasteiger partial charge on any atom is 0.0658 e. The zero-order valence-electron chi connectivity index (χ0n) is 34.3. The van der Waals surface area contributed by atoms with Crippen LogP contribution in [-0.2, 0) is 19.3 Å². The van der Waals surface area contributed by atoms with Crippen LogP contribution >= 0.6 is 0 Å². The Morgan fingerprint density at radius 3 is 0.860 bits per heavy atom. The number of nitrogens with zero attached hydrogens (tertiary/aromatic N) is 3. The van der Waals surface area contributed by atoms with Crippen LogP contribution in [-0.4, -0.2) is 13.2 Å². The summed E-state index contributed by atoms with van der Waals surface area (Å²) in [4.78, 5) is 0. The van der Waals surface area contributed by atoms with Crippen LogP contribution in [0.3, 0.4) is 0 Å². The molecule has 0 aliphatic heterocycles. The first-order valence-corrected chi connectivity index (χ1v) is 22.4. The van der Waals surface area contributed by atoms with Gasteiger partial charge in [-0.25, -0.2) is 0 Å². The van der Waals surface area contributed by atoms with Gasteiger partial charge in [-0.05, 0) is 91.1 Å². The lowest BCUT2D eigenvalue weighted by molar-refractivity contribution is 0.660. The maximum absolute atomic E-state index is 2.72. The number of benzene rings is 4. The third-order valence-electron chi connectivity index (χ3n) is 13.3. The summed E-state index contributed by atoms with van der Waals surface area (Å²) in [6, 6.07) is 42.5. The summed E-state index contributed by atoms with van der Waals surface area (Å²) >= 11 is 0. The molecule has 10 rings (SSSR count). The van der Waals surface area contributed by atoms with Crippen LogP contribution in [0.15, 0.2) is 109 Å². The standard InChI is InChI=1S/C54H57N3/c1-4-7-10-13-22-37-31-34-46-40-25-16-19-28-43(40)49-52(55(37)46)50-44-29-20-17-26-41(44)47-35-32-38(23-14-11-8-5-2)56(47)54(50)51-45-30-21-18-27-42(45)48-36-33-39(57(48)53(49)51)24-15-12-9-6-3/h16-21,25-36H,4-15,22-24H2,1-3H3. The molecule has 0 bridgehead atoms. The fraction of sp³-hybridized carbons (Fsp3) is 0.333. The van der Waals surface area contributed by atoms with Crippen LogP contribution in [0.5, 0.6) is 0 Å². The van der Waals surface area contributed by atoms with Crippen molar-refractivity contribution in [3.05, 3.63) is 126 Å². The molecule has 6 heterocycles. The minimum absolute atomic E-state index is 1.08. The molecule has 0 saturated carbocycles. The number of hydrogen-bond acceptors (Lipinski definition) is 0. The van der Waals surface area contributed by atoms with Crippen LogP contribution in [0.1, 0.15) is 115 Å². The van der Waals surface area contributed by atoms with E-state index in [1.807, 2.05) is 0 Å². The van der Waals surface area contributed by atoms with Crippen LogP contribution in [0, 0.1) is 0 Å². The maximum atomic E-state index is 2.72. The number of rotatable bonds is 15. The second-order valence-electron chi connectivity index (χ2n) is 16.9. The molecule has 0 aliphatic rings. The van der Waals surface area contributed by atoms with Gasteiger partial charge in [0, 0.05) is 49.4 Å². The minimum atomic E-state index is 1.08. The van der Waals surface area contributed by atoms with E-state index in [1.54, 1.807) is 0 Å². The van der Waals surface area contributed by atoms with Gasteiger partial charge in [0.2, 0.25) is 0 Å². The van der Waals surface area contributed by atoms with Crippen molar-refractivity contribution in [1.82, 2.24) is 13.2 Å². The summed E-state index contributed by atoms with van der Waals surface area (Å²) in [7, 11) is 0. The topological polar surface area (TPSA) is 13.2 Å². The fourth-order valence-corrected chi connectivity index (χ4v) is 10.6. The Hall–Kier alpha value is -5.28. The van der Waals surface area contributed by atoms with Crippen molar-refractivity contribution in [2.24, 2.45) is 0 Å². The molecule has 0 saturated heterocycles. The van der Waals surface area contributed by atoms with E-state index < -0.39 is 0 Å². The Labute approximate surface area is 336 Å². The molecule has 3 nitrogen and oxygen atoms in total. The molecule has 0 amide bonds. The largest absolute Gasteiger partial charge is 0.312 e. The van der Waals surface area contributed by atoms with Gasteiger partial charge in [0.25, 0.3) is 0 Å². The highest BCUT2D eigenvalue weighted by molar-refractivity contribution is 6.39. The molecule has 0 unspecified atom stereocenters. The molecule has 0 atom stereocenters. The van der Waals surface area contributed by atoms with Gasteiger partial charge in [0.05, 0.1) is 33.1 Å². The highest BCUT2D eigenvalue weighted by atomic mass is 15.0. The monoisotopic (exact) mass is 747 g/mol. The van der Waals surface area contributed by atoms with Crippen molar-refractivity contribution in [1.29, 1.82) is 0 Å². The number of aryl methyl sites for hydroxylation is 3. The number of fused-ring (bicyclic) bond motifs is 21. The molecule has 57 heavy (non-hydrogen) atoms. The normalized spacial score (nSPS) is 12.5. The number of hydrogen-bond donors (Lipinski definition) is 0. The lowest BCUT2D eigenvalue weighted by atomic mass is 9.92. The molecule has 6 aromatic heterocycles. The summed E-state index contributed by atoms with van der Waals surface area (Å²) in [5, 5.41) is 12.2. The Morgan fingerprint density at radius 2 is 0.579 bits per heavy atom. The Kier molecular flexibility index (Phi) is 9.65. The second kappa shape index (κ2) is 15.2. The minimum Gasteiger partial charge on any atom is -0.312 e. The van der Waals surface area contributed by atoms with Crippen LogP contribution in [0.2, 0.25) is 0 Å². The van der Waals surface area contributed by atoms with Crippen molar-refractivity contribution >= 4 is 81.6 Å². The van der Waals surface area contributed by atoms with Gasteiger partial charge in [-0.2, -0.15) is 0 Å². The Morgan fingerprint density at radius 1 is 0.298 bits per heavy atom. The summed E-state index contributed by atoms with van der Waals surface area (Å²) < 4.78 is 8.17. The van der Waals surface area contributed by atoms with Crippen molar-refractivity contribution in [3.8, 4) is 0 Å². The summed E-state index contributed by atoms with van der Waals surface area (Å²) in [6.45, 7) is 6.95. The highest BCUT2D eigenvalue weighted by Gasteiger charge is 2.26. The molecule has 0 aliphatic carbocycles. The molecule has 10 aromatic rings. The molecule has 288 valence electrons. The molecular weight excluding hydrogens is 691 g/mol. The summed E-state index contributed by atoms with van der Waals surface area (Å²) in [5.74, 6) is 0. The first kappa shape index (κ1) is 36.1. The lowest BCUT2D eigenvalue weighted by Gasteiger charge is -2.23. The van der Waals surface area contributed by atoms with Crippen LogP contribution < -0.4 is 0 Å². The van der Waals surface area contributed by atoms with Crippen molar-refractivity contribution < 1.29 is 0 Å². The smallest absolute Gasteiger partial charge is 0.0658 e. The molecule has 0 N–H and O–H groups in total. The van der Waals surface area contributed by atoms with Gasteiger partial charge in [0.1, 0.15) is 0 Å². The first-order chi connectivity index (χ1) is 28.2.